The zero-order valence-electron chi connectivity index (χ0n) is 12.2. The summed E-state index contributed by atoms with van der Waals surface area (Å²) >= 11 is 0. The molecule has 0 bridgehead atoms. The van der Waals surface area contributed by atoms with Crippen LogP contribution in [-0.4, -0.2) is 38.4 Å². The summed E-state index contributed by atoms with van der Waals surface area (Å²) < 4.78 is 26.8. The molecule has 0 saturated carbocycles. The van der Waals surface area contributed by atoms with Gasteiger partial charge in [0.05, 0.1) is 16.5 Å². The summed E-state index contributed by atoms with van der Waals surface area (Å²) in [5.74, 6) is 0. The first-order chi connectivity index (χ1) is 10.1. The normalized spacial score (nSPS) is 19.4. The Morgan fingerprint density at radius 3 is 2.57 bits per heavy atom. The molecule has 1 aromatic carbocycles. The van der Waals surface area contributed by atoms with E-state index in [0.29, 0.717) is 18.7 Å². The second kappa shape index (κ2) is 7.03. The maximum Gasteiger partial charge on any atom is 0.243 e. The fourth-order valence-corrected chi connectivity index (χ4v) is 4.07. The van der Waals surface area contributed by atoms with E-state index in [-0.39, 0.29) is 10.9 Å². The summed E-state index contributed by atoms with van der Waals surface area (Å²) in [6.45, 7) is 3.75. The van der Waals surface area contributed by atoms with Crippen molar-refractivity contribution < 1.29 is 8.42 Å². The molecule has 114 valence electrons. The molecule has 1 N–H and O–H groups in total. The number of hydrogen-bond acceptors (Lipinski definition) is 4. The molecule has 5 nitrogen and oxygen atoms in total. The van der Waals surface area contributed by atoms with Crippen molar-refractivity contribution in [3.8, 4) is 6.07 Å². The predicted molar refractivity (Wildman–Crippen MR) is 81.2 cm³/mol. The first-order valence-electron chi connectivity index (χ1n) is 7.31. The highest BCUT2D eigenvalue weighted by Gasteiger charge is 2.26. The van der Waals surface area contributed by atoms with Crippen LogP contribution in [0.4, 0.5) is 0 Å². The van der Waals surface area contributed by atoms with E-state index in [1.54, 1.807) is 12.1 Å². The SMILES string of the molecule is CCN(CC1CCCCN1)S(=O)(=O)c1ccc(C#N)cc1. The van der Waals surface area contributed by atoms with Gasteiger partial charge in [-0.3, -0.25) is 0 Å². The van der Waals surface area contributed by atoms with Gasteiger partial charge in [0, 0.05) is 19.1 Å². The summed E-state index contributed by atoms with van der Waals surface area (Å²) in [6.07, 6.45) is 3.32. The Kier molecular flexibility index (Phi) is 5.34. The van der Waals surface area contributed by atoms with E-state index < -0.39 is 10.0 Å². The monoisotopic (exact) mass is 307 g/mol. The van der Waals surface area contributed by atoms with Gasteiger partial charge in [-0.25, -0.2) is 8.42 Å². The largest absolute Gasteiger partial charge is 0.313 e. The molecule has 1 unspecified atom stereocenters. The van der Waals surface area contributed by atoms with Crippen molar-refractivity contribution in [2.45, 2.75) is 37.1 Å². The third-order valence-electron chi connectivity index (χ3n) is 3.81. The van der Waals surface area contributed by atoms with Crippen molar-refractivity contribution in [2.24, 2.45) is 0 Å². The maximum absolute atomic E-state index is 12.7. The highest BCUT2D eigenvalue weighted by Crippen LogP contribution is 2.18. The van der Waals surface area contributed by atoms with E-state index >= 15 is 0 Å². The van der Waals surface area contributed by atoms with Crippen molar-refractivity contribution in [3.63, 3.8) is 0 Å². The van der Waals surface area contributed by atoms with E-state index in [9.17, 15) is 8.42 Å². The van der Waals surface area contributed by atoms with Crippen LogP contribution < -0.4 is 5.32 Å². The Labute approximate surface area is 126 Å². The minimum atomic E-state index is -3.49. The van der Waals surface area contributed by atoms with Crippen molar-refractivity contribution in [2.75, 3.05) is 19.6 Å². The van der Waals surface area contributed by atoms with Gasteiger partial charge in [-0.15, -0.1) is 0 Å². The molecule has 1 fully saturated rings. The average molecular weight is 307 g/mol. The molecule has 21 heavy (non-hydrogen) atoms. The molecule has 0 aliphatic carbocycles. The van der Waals surface area contributed by atoms with Crippen LogP contribution in [0.5, 0.6) is 0 Å². The van der Waals surface area contributed by atoms with E-state index in [2.05, 4.69) is 5.32 Å². The quantitative estimate of drug-likeness (QED) is 0.899. The fraction of sp³-hybridized carbons (Fsp3) is 0.533. The molecule has 6 heteroatoms. The second-order valence-electron chi connectivity index (χ2n) is 5.24. The van der Waals surface area contributed by atoms with Crippen LogP contribution in [0.1, 0.15) is 31.7 Å². The number of hydrogen-bond donors (Lipinski definition) is 1. The summed E-state index contributed by atoms with van der Waals surface area (Å²) in [5.41, 5.74) is 0.464. The molecule has 1 aliphatic heterocycles. The molecule has 1 heterocycles. The molecule has 0 radical (unpaired) electrons. The standard InChI is InChI=1S/C15H21N3O2S/c1-2-18(12-14-5-3-4-10-17-14)21(19,20)15-8-6-13(11-16)7-9-15/h6-9,14,17H,2-5,10,12H2,1H3. The minimum absolute atomic E-state index is 0.229. The summed E-state index contributed by atoms with van der Waals surface area (Å²) in [6, 6.07) is 8.32. The van der Waals surface area contributed by atoms with Crippen molar-refractivity contribution >= 4 is 10.0 Å². The van der Waals surface area contributed by atoms with Gasteiger partial charge in [-0.1, -0.05) is 13.3 Å². The number of nitrogens with one attached hydrogen (secondary N) is 1. The average Bonchev–Trinajstić information content (AvgIpc) is 2.53. The molecular weight excluding hydrogens is 286 g/mol. The van der Waals surface area contributed by atoms with Crippen LogP contribution in [0, 0.1) is 11.3 Å². The maximum atomic E-state index is 12.7. The number of piperidine rings is 1. The van der Waals surface area contributed by atoms with Crippen LogP contribution in [0.25, 0.3) is 0 Å². The number of likely N-dealkylation sites (N-methyl/N-ethyl adjacent to an activating group) is 1. The van der Waals surface area contributed by atoms with Crippen LogP contribution >= 0.6 is 0 Å². The van der Waals surface area contributed by atoms with Crippen molar-refractivity contribution in [1.82, 2.24) is 9.62 Å². The van der Waals surface area contributed by atoms with Gasteiger partial charge < -0.3 is 5.32 Å². The Balaban J connectivity index is 2.16. The lowest BCUT2D eigenvalue weighted by molar-refractivity contribution is 0.319. The van der Waals surface area contributed by atoms with Crippen LogP contribution in [0.2, 0.25) is 0 Å². The number of benzene rings is 1. The second-order valence-corrected chi connectivity index (χ2v) is 7.18. The minimum Gasteiger partial charge on any atom is -0.313 e. The van der Waals surface area contributed by atoms with Gasteiger partial charge in [-0.2, -0.15) is 9.57 Å². The lowest BCUT2D eigenvalue weighted by atomic mass is 10.1. The van der Waals surface area contributed by atoms with E-state index in [1.165, 1.54) is 16.4 Å². The third-order valence-corrected chi connectivity index (χ3v) is 5.77. The molecule has 0 spiro atoms. The third kappa shape index (κ3) is 3.82. The van der Waals surface area contributed by atoms with Crippen molar-refractivity contribution in [1.29, 1.82) is 5.26 Å². The fourth-order valence-electron chi connectivity index (χ4n) is 2.57. The molecule has 0 amide bonds. The molecule has 1 saturated heterocycles. The number of sulfonamides is 1. The summed E-state index contributed by atoms with van der Waals surface area (Å²) in [7, 11) is -3.49. The van der Waals surface area contributed by atoms with E-state index in [4.69, 9.17) is 5.26 Å². The molecule has 0 aromatic heterocycles. The molecule has 2 rings (SSSR count). The smallest absolute Gasteiger partial charge is 0.243 e. The molecule has 1 aromatic rings. The molecule has 1 aliphatic rings. The van der Waals surface area contributed by atoms with Crippen LogP contribution in [0.3, 0.4) is 0 Å². The highest BCUT2D eigenvalue weighted by molar-refractivity contribution is 7.89. The van der Waals surface area contributed by atoms with E-state index in [1.807, 2.05) is 13.0 Å². The zero-order chi connectivity index (χ0) is 15.3. The Morgan fingerprint density at radius 1 is 1.33 bits per heavy atom. The first-order valence-corrected chi connectivity index (χ1v) is 8.75. The van der Waals surface area contributed by atoms with Gasteiger partial charge in [0.25, 0.3) is 0 Å². The van der Waals surface area contributed by atoms with Gasteiger partial charge in [-0.05, 0) is 43.7 Å². The Morgan fingerprint density at radius 2 is 2.05 bits per heavy atom. The summed E-state index contributed by atoms with van der Waals surface area (Å²) in [4.78, 5) is 0.249. The first kappa shape index (κ1) is 16.0. The van der Waals surface area contributed by atoms with Crippen LogP contribution in [-0.2, 0) is 10.0 Å². The lowest BCUT2D eigenvalue weighted by Crippen LogP contribution is -2.45. The number of nitriles is 1. The van der Waals surface area contributed by atoms with Gasteiger partial charge in [0.2, 0.25) is 10.0 Å². The number of nitrogens with zero attached hydrogens (tertiary/aromatic N) is 2. The van der Waals surface area contributed by atoms with Gasteiger partial charge in [0.1, 0.15) is 0 Å². The Bertz CT molecular complexity index is 599. The number of rotatable bonds is 5. The van der Waals surface area contributed by atoms with Gasteiger partial charge >= 0.3 is 0 Å². The lowest BCUT2D eigenvalue weighted by Gasteiger charge is -2.29. The summed E-state index contributed by atoms with van der Waals surface area (Å²) in [5, 5.41) is 12.2. The Hall–Kier alpha value is -1.42. The molecular formula is C15H21N3O2S. The van der Waals surface area contributed by atoms with Crippen LogP contribution in [0.15, 0.2) is 29.2 Å². The topological polar surface area (TPSA) is 73.2 Å². The van der Waals surface area contributed by atoms with E-state index in [0.717, 1.165) is 25.8 Å². The predicted octanol–water partition coefficient (Wildman–Crippen LogP) is 1.71. The molecule has 1 atom stereocenters. The van der Waals surface area contributed by atoms with Crippen molar-refractivity contribution in [3.05, 3.63) is 29.8 Å². The van der Waals surface area contributed by atoms with Gasteiger partial charge in [0.15, 0.2) is 0 Å². The zero-order valence-corrected chi connectivity index (χ0v) is 13.1. The highest BCUT2D eigenvalue weighted by atomic mass is 32.2.